The third-order valence-corrected chi connectivity index (χ3v) is 4.61. The lowest BCUT2D eigenvalue weighted by Gasteiger charge is -2.30. The first kappa shape index (κ1) is 14.9. The number of fused-ring (bicyclic) bond motifs is 1. The fourth-order valence-electron chi connectivity index (χ4n) is 3.81. The summed E-state index contributed by atoms with van der Waals surface area (Å²) in [6, 6.07) is 4.18. The number of halogens is 2. The molecule has 2 fully saturated rings. The molecule has 2 saturated heterocycles. The number of hydrogen-bond acceptors (Lipinski definition) is 3. The zero-order valence-corrected chi connectivity index (χ0v) is 12.6. The lowest BCUT2D eigenvalue weighted by atomic mass is 9.81. The van der Waals surface area contributed by atoms with E-state index in [0.717, 1.165) is 38.4 Å². The normalized spacial score (nSPS) is 29.3. The third-order valence-electron chi connectivity index (χ3n) is 4.61. The van der Waals surface area contributed by atoms with Crippen LogP contribution in [0.3, 0.4) is 0 Å². The van der Waals surface area contributed by atoms with Crippen molar-refractivity contribution in [2.45, 2.75) is 6.54 Å². The van der Waals surface area contributed by atoms with Gasteiger partial charge in [0.1, 0.15) is 0 Å². The standard InChI is InChI=1S/C16H22F2N2O/c1-19(2)9-16-10-20(7-13(16)8-21-11-16)6-12-3-4-14(17)15(18)5-12/h3-5,13H,6-11H2,1-2H3/t13-,16+/m1/s1. The van der Waals surface area contributed by atoms with E-state index >= 15 is 0 Å². The van der Waals surface area contributed by atoms with Gasteiger partial charge in [-0.05, 0) is 31.8 Å². The molecule has 5 heteroatoms. The molecular weight excluding hydrogens is 274 g/mol. The van der Waals surface area contributed by atoms with E-state index in [4.69, 9.17) is 4.74 Å². The highest BCUT2D eigenvalue weighted by molar-refractivity contribution is 5.18. The molecule has 0 aliphatic carbocycles. The van der Waals surface area contributed by atoms with E-state index in [0.29, 0.717) is 12.5 Å². The second kappa shape index (κ2) is 5.63. The minimum absolute atomic E-state index is 0.183. The summed E-state index contributed by atoms with van der Waals surface area (Å²) in [5.74, 6) is -1.02. The molecule has 2 aliphatic heterocycles. The lowest BCUT2D eigenvalue weighted by Crippen LogP contribution is -2.40. The van der Waals surface area contributed by atoms with Crippen molar-refractivity contribution in [3.63, 3.8) is 0 Å². The summed E-state index contributed by atoms with van der Waals surface area (Å²) in [4.78, 5) is 4.55. The van der Waals surface area contributed by atoms with Gasteiger partial charge in [-0.3, -0.25) is 4.90 Å². The van der Waals surface area contributed by atoms with Crippen LogP contribution in [0.2, 0.25) is 0 Å². The molecule has 0 radical (unpaired) electrons. The van der Waals surface area contributed by atoms with Crippen LogP contribution in [0.4, 0.5) is 8.78 Å². The maximum absolute atomic E-state index is 13.3. The van der Waals surface area contributed by atoms with E-state index in [1.165, 1.54) is 12.1 Å². The SMILES string of the molecule is CN(C)C[C@]12COC[C@H]1CN(Cc1ccc(F)c(F)c1)C2. The summed E-state index contributed by atoms with van der Waals surface area (Å²) in [6.45, 7) is 5.20. The molecule has 21 heavy (non-hydrogen) atoms. The van der Waals surface area contributed by atoms with Crippen molar-refractivity contribution in [2.75, 3.05) is 46.9 Å². The van der Waals surface area contributed by atoms with Crippen molar-refractivity contribution >= 4 is 0 Å². The Morgan fingerprint density at radius 2 is 2.14 bits per heavy atom. The maximum atomic E-state index is 13.3. The van der Waals surface area contributed by atoms with Crippen LogP contribution in [0.15, 0.2) is 18.2 Å². The largest absolute Gasteiger partial charge is 0.380 e. The van der Waals surface area contributed by atoms with Gasteiger partial charge in [-0.2, -0.15) is 0 Å². The quantitative estimate of drug-likeness (QED) is 0.845. The molecule has 0 unspecified atom stereocenters. The summed E-state index contributed by atoms with van der Waals surface area (Å²) in [5.41, 5.74) is 1.01. The lowest BCUT2D eigenvalue weighted by molar-refractivity contribution is 0.109. The van der Waals surface area contributed by atoms with Gasteiger partial charge in [0.25, 0.3) is 0 Å². The number of hydrogen-bond donors (Lipinski definition) is 0. The van der Waals surface area contributed by atoms with Crippen LogP contribution in [0.25, 0.3) is 0 Å². The van der Waals surface area contributed by atoms with Gasteiger partial charge < -0.3 is 9.64 Å². The van der Waals surface area contributed by atoms with E-state index in [-0.39, 0.29) is 5.41 Å². The second-order valence-electron chi connectivity index (χ2n) is 6.73. The topological polar surface area (TPSA) is 15.7 Å². The molecule has 2 heterocycles. The average Bonchev–Trinajstić information content (AvgIpc) is 2.89. The zero-order chi connectivity index (χ0) is 15.0. The highest BCUT2D eigenvalue weighted by atomic mass is 19.2. The Bertz CT molecular complexity index is 523. The van der Waals surface area contributed by atoms with Gasteiger partial charge in [-0.15, -0.1) is 0 Å². The van der Waals surface area contributed by atoms with Gasteiger partial charge in [0, 0.05) is 37.5 Å². The number of benzene rings is 1. The fourth-order valence-corrected chi connectivity index (χ4v) is 3.81. The van der Waals surface area contributed by atoms with E-state index < -0.39 is 11.6 Å². The number of nitrogens with zero attached hydrogens (tertiary/aromatic N) is 2. The Balaban J connectivity index is 1.70. The molecule has 1 aromatic rings. The molecule has 2 aliphatic rings. The van der Waals surface area contributed by atoms with Gasteiger partial charge in [0.2, 0.25) is 0 Å². The van der Waals surface area contributed by atoms with Crippen LogP contribution in [0, 0.1) is 23.0 Å². The van der Waals surface area contributed by atoms with Crippen molar-refractivity contribution in [1.29, 1.82) is 0 Å². The molecule has 116 valence electrons. The summed E-state index contributed by atoms with van der Waals surface area (Å²) in [5, 5.41) is 0. The smallest absolute Gasteiger partial charge is 0.159 e. The molecule has 1 aromatic carbocycles. The van der Waals surface area contributed by atoms with E-state index in [9.17, 15) is 8.78 Å². The summed E-state index contributed by atoms with van der Waals surface area (Å²) in [6.07, 6.45) is 0. The van der Waals surface area contributed by atoms with Gasteiger partial charge in [0.05, 0.1) is 13.2 Å². The Hall–Kier alpha value is -1.04. The van der Waals surface area contributed by atoms with Crippen LogP contribution in [0.5, 0.6) is 0 Å². The Morgan fingerprint density at radius 1 is 1.33 bits per heavy atom. The Morgan fingerprint density at radius 3 is 2.86 bits per heavy atom. The number of ether oxygens (including phenoxy) is 1. The van der Waals surface area contributed by atoms with Crippen LogP contribution >= 0.6 is 0 Å². The summed E-state index contributed by atoms with van der Waals surface area (Å²) < 4.78 is 32.0. The fraction of sp³-hybridized carbons (Fsp3) is 0.625. The summed E-state index contributed by atoms with van der Waals surface area (Å²) in [7, 11) is 4.17. The predicted octanol–water partition coefficient (Wildman–Crippen LogP) is 1.97. The first-order valence-corrected chi connectivity index (χ1v) is 7.37. The minimum atomic E-state index is -0.783. The molecule has 0 saturated carbocycles. The molecule has 0 aromatic heterocycles. The third kappa shape index (κ3) is 2.96. The van der Waals surface area contributed by atoms with Gasteiger partial charge in [-0.25, -0.2) is 8.78 Å². The molecule has 3 nitrogen and oxygen atoms in total. The van der Waals surface area contributed by atoms with Crippen LogP contribution in [-0.4, -0.2) is 56.7 Å². The Labute approximate surface area is 124 Å². The zero-order valence-electron chi connectivity index (χ0n) is 12.6. The molecule has 3 rings (SSSR count). The predicted molar refractivity (Wildman–Crippen MR) is 76.9 cm³/mol. The van der Waals surface area contributed by atoms with Crippen LogP contribution in [0.1, 0.15) is 5.56 Å². The van der Waals surface area contributed by atoms with Crippen LogP contribution in [-0.2, 0) is 11.3 Å². The van der Waals surface area contributed by atoms with Crippen molar-refractivity contribution in [2.24, 2.45) is 11.3 Å². The maximum Gasteiger partial charge on any atom is 0.159 e. The van der Waals surface area contributed by atoms with E-state index in [1.807, 2.05) is 0 Å². The molecule has 0 N–H and O–H groups in total. The molecule has 0 bridgehead atoms. The van der Waals surface area contributed by atoms with Gasteiger partial charge in [-0.1, -0.05) is 6.07 Å². The second-order valence-corrected chi connectivity index (χ2v) is 6.73. The number of rotatable bonds is 4. The number of likely N-dealkylation sites (tertiary alicyclic amines) is 1. The van der Waals surface area contributed by atoms with Crippen molar-refractivity contribution < 1.29 is 13.5 Å². The van der Waals surface area contributed by atoms with Crippen molar-refractivity contribution in [3.05, 3.63) is 35.4 Å². The minimum Gasteiger partial charge on any atom is -0.380 e. The first-order valence-electron chi connectivity index (χ1n) is 7.37. The summed E-state index contributed by atoms with van der Waals surface area (Å²) >= 11 is 0. The molecular formula is C16H22F2N2O. The first-order chi connectivity index (χ1) is 9.98. The average molecular weight is 296 g/mol. The monoisotopic (exact) mass is 296 g/mol. The molecule has 0 spiro atoms. The van der Waals surface area contributed by atoms with Gasteiger partial charge >= 0.3 is 0 Å². The van der Waals surface area contributed by atoms with Crippen LogP contribution < -0.4 is 0 Å². The van der Waals surface area contributed by atoms with E-state index in [2.05, 4.69) is 23.9 Å². The Kier molecular flexibility index (Phi) is 3.99. The highest BCUT2D eigenvalue weighted by Gasteiger charge is 2.50. The highest BCUT2D eigenvalue weighted by Crippen LogP contribution is 2.42. The van der Waals surface area contributed by atoms with Gasteiger partial charge in [0.15, 0.2) is 11.6 Å². The van der Waals surface area contributed by atoms with Crippen molar-refractivity contribution in [1.82, 2.24) is 9.80 Å². The molecule has 0 amide bonds. The van der Waals surface area contributed by atoms with Crippen molar-refractivity contribution in [3.8, 4) is 0 Å². The molecule has 2 atom stereocenters. The van der Waals surface area contributed by atoms with E-state index in [1.54, 1.807) is 6.07 Å².